The summed E-state index contributed by atoms with van der Waals surface area (Å²) in [5, 5.41) is 12.2. The van der Waals surface area contributed by atoms with Gasteiger partial charge in [-0.3, -0.25) is 9.69 Å². The monoisotopic (exact) mass is 408 g/mol. The van der Waals surface area contributed by atoms with Gasteiger partial charge in [-0.2, -0.15) is 0 Å². The van der Waals surface area contributed by atoms with Gasteiger partial charge in [-0.1, -0.05) is 37.1 Å². The number of sulfone groups is 1. The number of nitrogens with zero attached hydrogens (tertiary/aromatic N) is 1. The van der Waals surface area contributed by atoms with Crippen LogP contribution in [0.15, 0.2) is 24.3 Å². The minimum atomic E-state index is -3.14. The van der Waals surface area contributed by atoms with Crippen LogP contribution in [0.1, 0.15) is 56.1 Å². The lowest BCUT2D eigenvalue weighted by Gasteiger charge is -2.29. The molecule has 2 N–H and O–H groups in total. The molecule has 2 aliphatic rings. The second-order valence-electron chi connectivity index (χ2n) is 8.12. The highest BCUT2D eigenvalue weighted by Crippen LogP contribution is 2.25. The first-order chi connectivity index (χ1) is 13.4. The smallest absolute Gasteiger partial charge is 0.221 e. The van der Waals surface area contributed by atoms with Crippen LogP contribution in [0.4, 0.5) is 0 Å². The van der Waals surface area contributed by atoms with Crippen molar-refractivity contribution in [3.05, 3.63) is 35.4 Å². The molecule has 3 rings (SSSR count). The molecule has 28 heavy (non-hydrogen) atoms. The maximum Gasteiger partial charge on any atom is 0.221 e. The van der Waals surface area contributed by atoms with E-state index in [9.17, 15) is 18.3 Å². The van der Waals surface area contributed by atoms with Gasteiger partial charge in [0.2, 0.25) is 5.91 Å². The van der Waals surface area contributed by atoms with Crippen molar-refractivity contribution in [2.75, 3.05) is 18.8 Å². The summed E-state index contributed by atoms with van der Waals surface area (Å²) < 4.78 is 24.5. The lowest BCUT2D eigenvalue weighted by Crippen LogP contribution is -2.35. The Labute approximate surface area is 168 Å². The fourth-order valence-corrected chi connectivity index (χ4v) is 5.89. The van der Waals surface area contributed by atoms with Gasteiger partial charge in [-0.15, -0.1) is 0 Å². The Balaban J connectivity index is 1.38. The fourth-order valence-electron chi connectivity index (χ4n) is 4.04. The van der Waals surface area contributed by atoms with E-state index < -0.39 is 9.84 Å². The maximum absolute atomic E-state index is 12.2. The number of nitrogens with one attached hydrogen (secondary N) is 1. The number of rotatable bonds is 8. The van der Waals surface area contributed by atoms with Gasteiger partial charge < -0.3 is 10.4 Å². The van der Waals surface area contributed by atoms with Crippen molar-refractivity contribution in [3.8, 4) is 0 Å². The summed E-state index contributed by atoms with van der Waals surface area (Å²) in [5.74, 6) is -0.259. The molecule has 7 heteroatoms. The number of aliphatic hydroxyl groups is 1. The third-order valence-corrected chi connectivity index (χ3v) is 8.16. The van der Waals surface area contributed by atoms with Crippen LogP contribution in [0.3, 0.4) is 0 Å². The molecule has 1 aliphatic carbocycles. The summed E-state index contributed by atoms with van der Waals surface area (Å²) in [6.07, 6.45) is 4.99. The molecule has 0 unspecified atom stereocenters. The predicted molar refractivity (Wildman–Crippen MR) is 109 cm³/mol. The van der Waals surface area contributed by atoms with Crippen LogP contribution in [-0.2, 0) is 27.7 Å². The first kappa shape index (κ1) is 21.3. The van der Waals surface area contributed by atoms with Gasteiger partial charge in [0.15, 0.2) is 9.84 Å². The average molecular weight is 409 g/mol. The summed E-state index contributed by atoms with van der Waals surface area (Å²) in [5.41, 5.74) is 2.22. The zero-order valence-corrected chi connectivity index (χ0v) is 17.3. The highest BCUT2D eigenvalue weighted by molar-refractivity contribution is 7.92. The fraction of sp³-hybridized carbons (Fsp3) is 0.667. The SMILES string of the molecule is O=C(CCS(=O)(=O)C1CCCC1)NCc1ccc(CN2CCC(O)CC2)cc1. The molecule has 1 saturated heterocycles. The topological polar surface area (TPSA) is 86.7 Å². The van der Waals surface area contributed by atoms with E-state index in [1.165, 1.54) is 5.56 Å². The quantitative estimate of drug-likeness (QED) is 0.687. The molecule has 0 spiro atoms. The van der Waals surface area contributed by atoms with E-state index in [-0.39, 0.29) is 29.4 Å². The maximum atomic E-state index is 12.2. The zero-order valence-electron chi connectivity index (χ0n) is 16.5. The Kier molecular flexibility index (Phi) is 7.48. The molecule has 1 amide bonds. The normalized spacial score (nSPS) is 19.8. The molecule has 1 heterocycles. The second kappa shape index (κ2) is 9.85. The molecule has 0 aromatic heterocycles. The Morgan fingerprint density at radius 1 is 1.04 bits per heavy atom. The van der Waals surface area contributed by atoms with Gasteiger partial charge in [0.1, 0.15) is 0 Å². The van der Waals surface area contributed by atoms with Crippen LogP contribution in [0.2, 0.25) is 0 Å². The van der Waals surface area contributed by atoms with Gasteiger partial charge in [0.25, 0.3) is 0 Å². The first-order valence-corrected chi connectivity index (χ1v) is 12.1. The molecule has 1 aromatic rings. The molecule has 1 aromatic carbocycles. The van der Waals surface area contributed by atoms with Gasteiger partial charge in [-0.05, 0) is 36.8 Å². The van der Waals surface area contributed by atoms with Crippen molar-refractivity contribution in [1.29, 1.82) is 0 Å². The molecule has 0 radical (unpaired) electrons. The number of likely N-dealkylation sites (tertiary alicyclic amines) is 1. The van der Waals surface area contributed by atoms with Crippen LogP contribution in [0.5, 0.6) is 0 Å². The van der Waals surface area contributed by atoms with Crippen molar-refractivity contribution in [2.24, 2.45) is 0 Å². The van der Waals surface area contributed by atoms with E-state index in [1.54, 1.807) is 0 Å². The number of carbonyl (C=O) groups excluding carboxylic acids is 1. The van der Waals surface area contributed by atoms with E-state index in [0.29, 0.717) is 6.54 Å². The Morgan fingerprint density at radius 3 is 2.29 bits per heavy atom. The van der Waals surface area contributed by atoms with Crippen molar-refractivity contribution in [3.63, 3.8) is 0 Å². The molecule has 156 valence electrons. The molecular weight excluding hydrogens is 376 g/mol. The molecule has 1 aliphatic heterocycles. The lowest BCUT2D eigenvalue weighted by molar-refractivity contribution is -0.120. The minimum Gasteiger partial charge on any atom is -0.393 e. The summed E-state index contributed by atoms with van der Waals surface area (Å²) >= 11 is 0. The van der Waals surface area contributed by atoms with Gasteiger partial charge in [0.05, 0.1) is 17.1 Å². The standard InChI is InChI=1S/C21H32N2O4S/c24-19-9-12-23(13-10-19)16-18-7-5-17(6-8-18)15-22-21(25)11-14-28(26,27)20-3-1-2-4-20/h5-8,19-20,24H,1-4,9-16H2,(H,22,25). The summed E-state index contributed by atoms with van der Waals surface area (Å²) in [6, 6.07) is 8.14. The highest BCUT2D eigenvalue weighted by Gasteiger charge is 2.28. The van der Waals surface area contributed by atoms with E-state index in [2.05, 4.69) is 22.3 Å². The summed E-state index contributed by atoms with van der Waals surface area (Å²) in [6.45, 7) is 3.13. The third-order valence-electron chi connectivity index (χ3n) is 5.90. The Morgan fingerprint density at radius 2 is 1.64 bits per heavy atom. The van der Waals surface area contributed by atoms with Crippen LogP contribution in [-0.4, -0.2) is 54.5 Å². The van der Waals surface area contributed by atoms with E-state index in [1.807, 2.05) is 12.1 Å². The number of carbonyl (C=O) groups is 1. The Hall–Kier alpha value is -1.44. The van der Waals surface area contributed by atoms with E-state index >= 15 is 0 Å². The van der Waals surface area contributed by atoms with Crippen LogP contribution >= 0.6 is 0 Å². The number of aliphatic hydroxyl groups excluding tert-OH is 1. The number of piperidine rings is 1. The number of benzene rings is 1. The zero-order chi connectivity index (χ0) is 20.0. The lowest BCUT2D eigenvalue weighted by atomic mass is 10.1. The Bertz CT molecular complexity index is 734. The molecule has 1 saturated carbocycles. The first-order valence-electron chi connectivity index (χ1n) is 10.4. The largest absolute Gasteiger partial charge is 0.393 e. The summed E-state index contributed by atoms with van der Waals surface area (Å²) in [4.78, 5) is 14.4. The van der Waals surface area contributed by atoms with Crippen molar-refractivity contribution >= 4 is 15.7 Å². The number of amides is 1. The van der Waals surface area contributed by atoms with Crippen LogP contribution in [0.25, 0.3) is 0 Å². The van der Waals surface area contributed by atoms with Crippen molar-refractivity contribution < 1.29 is 18.3 Å². The number of hydrogen-bond acceptors (Lipinski definition) is 5. The van der Waals surface area contributed by atoms with Gasteiger partial charge >= 0.3 is 0 Å². The second-order valence-corrected chi connectivity index (χ2v) is 10.5. The van der Waals surface area contributed by atoms with Gasteiger partial charge in [0, 0.05) is 32.6 Å². The summed E-state index contributed by atoms with van der Waals surface area (Å²) in [7, 11) is -3.14. The molecular formula is C21H32N2O4S. The predicted octanol–water partition coefficient (Wildman–Crippen LogP) is 2.01. The van der Waals surface area contributed by atoms with Crippen LogP contribution < -0.4 is 5.32 Å². The molecule has 0 atom stereocenters. The average Bonchev–Trinajstić information content (AvgIpc) is 3.24. The van der Waals surface area contributed by atoms with E-state index in [4.69, 9.17) is 0 Å². The number of hydrogen-bond donors (Lipinski definition) is 2. The molecule has 2 fully saturated rings. The minimum absolute atomic E-state index is 0.0394. The highest BCUT2D eigenvalue weighted by atomic mass is 32.2. The molecule has 0 bridgehead atoms. The van der Waals surface area contributed by atoms with Crippen molar-refractivity contribution in [1.82, 2.24) is 10.2 Å². The van der Waals surface area contributed by atoms with Crippen LogP contribution in [0, 0.1) is 0 Å². The third kappa shape index (κ3) is 6.29. The van der Waals surface area contributed by atoms with Gasteiger partial charge in [-0.25, -0.2) is 8.42 Å². The van der Waals surface area contributed by atoms with E-state index in [0.717, 1.165) is 63.7 Å². The molecule has 6 nitrogen and oxygen atoms in total. The van der Waals surface area contributed by atoms with Crippen molar-refractivity contribution in [2.45, 2.75) is 69.4 Å².